The number of methoxy groups -OCH3 is 1. The summed E-state index contributed by atoms with van der Waals surface area (Å²) in [7, 11) is 1.59. The van der Waals surface area contributed by atoms with Gasteiger partial charge in [-0.05, 0) is 18.6 Å². The minimum absolute atomic E-state index is 0.0811. The lowest BCUT2D eigenvalue weighted by atomic mass is 9.90. The summed E-state index contributed by atoms with van der Waals surface area (Å²) in [5.74, 6) is 0.657. The molecule has 0 aromatic heterocycles. The quantitative estimate of drug-likeness (QED) is 0.606. The van der Waals surface area contributed by atoms with Gasteiger partial charge in [-0.3, -0.25) is 4.79 Å². The van der Waals surface area contributed by atoms with Gasteiger partial charge in [0.15, 0.2) is 5.78 Å². The van der Waals surface area contributed by atoms with Gasteiger partial charge in [0.2, 0.25) is 0 Å². The first-order chi connectivity index (χ1) is 8.15. The molecule has 1 atom stereocenters. The second kappa shape index (κ2) is 4.76. The van der Waals surface area contributed by atoms with Crippen LogP contribution in [-0.2, 0) is 4.74 Å². The predicted octanol–water partition coefficient (Wildman–Crippen LogP) is 3.34. The highest BCUT2D eigenvalue weighted by molar-refractivity contribution is 6.39. The highest BCUT2D eigenvalue weighted by Crippen LogP contribution is 2.31. The molecule has 0 amide bonds. The monoisotopic (exact) mass is 248 g/mol. The van der Waals surface area contributed by atoms with Gasteiger partial charge >= 0.3 is 0 Å². The average molecular weight is 249 g/mol. The number of rotatable bonds is 3. The summed E-state index contributed by atoms with van der Waals surface area (Å²) < 4.78 is 5.07. The summed E-state index contributed by atoms with van der Waals surface area (Å²) in [6, 6.07) is 9.08. The van der Waals surface area contributed by atoms with E-state index in [1.165, 1.54) is 0 Å². The van der Waals surface area contributed by atoms with Crippen LogP contribution in [-0.4, -0.2) is 17.8 Å². The van der Waals surface area contributed by atoms with Crippen LogP contribution in [0.4, 0.5) is 0 Å². The maximum atomic E-state index is 12.3. The molecule has 0 spiro atoms. The Morgan fingerprint density at radius 3 is 2.59 bits per heavy atom. The Hall–Kier alpha value is -1.54. The van der Waals surface area contributed by atoms with Crippen LogP contribution in [0.2, 0.25) is 0 Å². The van der Waals surface area contributed by atoms with E-state index in [-0.39, 0.29) is 5.78 Å². The number of carbonyl (C=O) groups excluding carboxylic acids is 1. The van der Waals surface area contributed by atoms with Crippen LogP contribution in [0.25, 0.3) is 0 Å². The first-order valence-electron chi connectivity index (χ1n) is 5.38. The molecule has 2 rings (SSSR count). The summed E-state index contributed by atoms with van der Waals surface area (Å²) in [6.07, 6.45) is 5.70. The van der Waals surface area contributed by atoms with Gasteiger partial charge in [0, 0.05) is 5.56 Å². The third-order valence-electron chi connectivity index (χ3n) is 2.76. The molecule has 0 N–H and O–H groups in total. The summed E-state index contributed by atoms with van der Waals surface area (Å²) >= 11 is 6.35. The van der Waals surface area contributed by atoms with E-state index in [0.29, 0.717) is 12.0 Å². The molecule has 1 aromatic rings. The number of hydrogen-bond donors (Lipinski definition) is 0. The van der Waals surface area contributed by atoms with E-state index in [9.17, 15) is 4.79 Å². The van der Waals surface area contributed by atoms with Gasteiger partial charge in [-0.15, -0.1) is 11.6 Å². The minimum atomic E-state index is -0.983. The molecule has 3 heteroatoms. The third-order valence-corrected chi connectivity index (χ3v) is 3.21. The lowest BCUT2D eigenvalue weighted by Gasteiger charge is -2.23. The average Bonchev–Trinajstić information content (AvgIpc) is 2.40. The van der Waals surface area contributed by atoms with Crippen molar-refractivity contribution in [1.82, 2.24) is 0 Å². The lowest BCUT2D eigenvalue weighted by Crippen LogP contribution is -2.31. The Morgan fingerprint density at radius 2 is 2.06 bits per heavy atom. The standard InChI is InChI=1S/C14H13ClO2/c1-17-12-7-9-14(15,10-8-12)13(16)11-5-3-2-4-6-11/h2-9H,10H2,1H3. The van der Waals surface area contributed by atoms with Crippen LogP contribution in [0.5, 0.6) is 0 Å². The molecule has 0 saturated heterocycles. The molecule has 1 aliphatic rings. The Kier molecular flexibility index (Phi) is 3.34. The van der Waals surface area contributed by atoms with Gasteiger partial charge in [-0.1, -0.05) is 36.4 Å². The summed E-state index contributed by atoms with van der Waals surface area (Å²) in [5, 5.41) is 0. The van der Waals surface area contributed by atoms with Crippen LogP contribution in [0, 0.1) is 0 Å². The first kappa shape index (κ1) is 11.9. The van der Waals surface area contributed by atoms with Gasteiger partial charge in [-0.25, -0.2) is 0 Å². The molecule has 0 saturated carbocycles. The molecule has 0 aliphatic heterocycles. The first-order valence-corrected chi connectivity index (χ1v) is 5.76. The van der Waals surface area contributed by atoms with Crippen molar-refractivity contribution in [3.8, 4) is 0 Å². The van der Waals surface area contributed by atoms with Crippen molar-refractivity contribution in [1.29, 1.82) is 0 Å². The zero-order valence-corrected chi connectivity index (χ0v) is 10.3. The Labute approximate surface area is 106 Å². The van der Waals surface area contributed by atoms with Crippen LogP contribution < -0.4 is 0 Å². The van der Waals surface area contributed by atoms with Crippen molar-refractivity contribution in [3.63, 3.8) is 0 Å². The third kappa shape index (κ3) is 2.42. The molecular formula is C14H13ClO2. The number of alkyl halides is 1. The Bertz CT molecular complexity index is 476. The van der Waals surface area contributed by atoms with Crippen LogP contribution in [0.1, 0.15) is 16.8 Å². The molecule has 2 nitrogen and oxygen atoms in total. The molecule has 88 valence electrons. The zero-order chi connectivity index (χ0) is 12.3. The Balaban J connectivity index is 2.22. The van der Waals surface area contributed by atoms with Crippen LogP contribution >= 0.6 is 11.6 Å². The van der Waals surface area contributed by atoms with Crippen molar-refractivity contribution >= 4 is 17.4 Å². The van der Waals surface area contributed by atoms with Gasteiger partial charge in [0.05, 0.1) is 7.11 Å². The van der Waals surface area contributed by atoms with Crippen molar-refractivity contribution in [2.75, 3.05) is 7.11 Å². The van der Waals surface area contributed by atoms with Gasteiger partial charge in [0.1, 0.15) is 10.6 Å². The summed E-state index contributed by atoms with van der Waals surface area (Å²) in [4.78, 5) is 11.3. The van der Waals surface area contributed by atoms with Crippen molar-refractivity contribution in [3.05, 3.63) is 59.9 Å². The number of Topliss-reactive ketones (excluding diaryl/α,β-unsaturated/α-hetero) is 1. The second-order valence-corrected chi connectivity index (χ2v) is 4.58. The fraction of sp³-hybridized carbons (Fsp3) is 0.214. The maximum Gasteiger partial charge on any atom is 0.187 e. The zero-order valence-electron chi connectivity index (χ0n) is 9.52. The summed E-state index contributed by atoms with van der Waals surface area (Å²) in [5.41, 5.74) is 0.626. The Morgan fingerprint density at radius 1 is 1.35 bits per heavy atom. The fourth-order valence-electron chi connectivity index (χ4n) is 1.75. The van der Waals surface area contributed by atoms with E-state index in [2.05, 4.69) is 0 Å². The largest absolute Gasteiger partial charge is 0.497 e. The van der Waals surface area contributed by atoms with Crippen molar-refractivity contribution in [2.45, 2.75) is 11.3 Å². The highest BCUT2D eigenvalue weighted by atomic mass is 35.5. The number of ether oxygens (including phenoxy) is 1. The van der Waals surface area contributed by atoms with E-state index < -0.39 is 4.87 Å². The molecule has 17 heavy (non-hydrogen) atoms. The topological polar surface area (TPSA) is 26.3 Å². The van der Waals surface area contributed by atoms with E-state index in [4.69, 9.17) is 16.3 Å². The molecule has 1 aliphatic carbocycles. The van der Waals surface area contributed by atoms with Gasteiger partial charge in [0.25, 0.3) is 0 Å². The lowest BCUT2D eigenvalue weighted by molar-refractivity contribution is 0.0958. The number of benzene rings is 1. The predicted molar refractivity (Wildman–Crippen MR) is 68.2 cm³/mol. The van der Waals surface area contributed by atoms with E-state index in [1.807, 2.05) is 24.3 Å². The van der Waals surface area contributed by atoms with Crippen molar-refractivity contribution < 1.29 is 9.53 Å². The molecule has 1 aromatic carbocycles. The fourth-order valence-corrected chi connectivity index (χ4v) is 2.00. The SMILES string of the molecule is COC1=CCC(Cl)(C(=O)c2ccccc2)C=C1. The van der Waals surface area contributed by atoms with Gasteiger partial charge in [-0.2, -0.15) is 0 Å². The van der Waals surface area contributed by atoms with E-state index in [1.54, 1.807) is 31.4 Å². The molecular weight excluding hydrogens is 236 g/mol. The number of allylic oxidation sites excluding steroid dienone is 3. The maximum absolute atomic E-state index is 12.3. The van der Waals surface area contributed by atoms with Crippen LogP contribution in [0.3, 0.4) is 0 Å². The number of ketones is 1. The molecule has 0 heterocycles. The van der Waals surface area contributed by atoms with E-state index in [0.717, 1.165) is 5.76 Å². The van der Waals surface area contributed by atoms with Gasteiger partial charge < -0.3 is 4.74 Å². The summed E-state index contributed by atoms with van der Waals surface area (Å²) in [6.45, 7) is 0. The smallest absolute Gasteiger partial charge is 0.187 e. The molecule has 0 radical (unpaired) electrons. The number of carbonyl (C=O) groups is 1. The normalized spacial score (nSPS) is 23.1. The van der Waals surface area contributed by atoms with Crippen molar-refractivity contribution in [2.24, 2.45) is 0 Å². The van der Waals surface area contributed by atoms with E-state index >= 15 is 0 Å². The number of hydrogen-bond acceptors (Lipinski definition) is 2. The molecule has 0 fully saturated rings. The second-order valence-electron chi connectivity index (χ2n) is 3.91. The molecule has 0 bridgehead atoms. The minimum Gasteiger partial charge on any atom is -0.497 e. The highest BCUT2D eigenvalue weighted by Gasteiger charge is 2.34. The molecule has 1 unspecified atom stereocenters. The van der Waals surface area contributed by atoms with Crippen LogP contribution in [0.15, 0.2) is 54.3 Å². The number of halogens is 1.